The monoisotopic (exact) mass is 828 g/mol. The van der Waals surface area contributed by atoms with Gasteiger partial charge in [0.1, 0.15) is 24.0 Å². The summed E-state index contributed by atoms with van der Waals surface area (Å²) in [6.45, 7) is 12.5. The Hall–Kier alpha value is -5.58. The average Bonchev–Trinajstić information content (AvgIpc) is 3.79. The number of likely N-dealkylation sites (tertiary alicyclic amines) is 1. The second-order valence-electron chi connectivity index (χ2n) is 19.3. The zero-order valence-corrected chi connectivity index (χ0v) is 34.7. The lowest BCUT2D eigenvalue weighted by molar-refractivity contribution is -0.199. The number of nitrogens with one attached hydrogen (secondary N) is 1. The second-order valence-corrected chi connectivity index (χ2v) is 19.7. The molecule has 7 aliphatic rings. The molecule has 0 radical (unpaired) electrons. The quantitative estimate of drug-likeness (QED) is 0.311. The molecule has 1 spiro atoms. The summed E-state index contributed by atoms with van der Waals surface area (Å²) in [6, 6.07) is 15.1. The summed E-state index contributed by atoms with van der Waals surface area (Å²) in [5.74, 6) is -0.970. The Morgan fingerprint density at radius 3 is 2.13 bits per heavy atom. The summed E-state index contributed by atoms with van der Waals surface area (Å²) >= 11 is 6.29. The van der Waals surface area contributed by atoms with E-state index in [0.29, 0.717) is 77.2 Å². The summed E-state index contributed by atoms with van der Waals surface area (Å²) in [7, 11) is 0. The standard InChI is InChI=1S/C46H45ClN6O7/c1-44(2)42(45(3,4)43(44)60-30-7-5-26(17-48)34(47)14-30)52-21-29-11-25(6-8-31(29)39(52)57)38(56)51-22-46(23-51)15-24(16-46)18-50-19-27-12-32-33(13-28(27)20-50)41(59)53(40(32)58)35-9-10-36(54)49-37(35)55/h5-8,11-14,24,35,42-43H,9-10,15-16,18-23H2,1-4H3,(H,49,54,55)/t35?,42-,43-. The molecule has 4 fully saturated rings. The fraction of sp³-hybridized carbons (Fsp3) is 0.457. The zero-order valence-electron chi connectivity index (χ0n) is 34.0. The van der Waals surface area contributed by atoms with Crippen molar-refractivity contribution in [2.24, 2.45) is 22.2 Å². The number of imide groups is 2. The molecule has 2 saturated heterocycles. The minimum Gasteiger partial charge on any atom is -0.489 e. The summed E-state index contributed by atoms with van der Waals surface area (Å²) in [5.41, 5.74) is 4.46. The van der Waals surface area contributed by atoms with Crippen LogP contribution in [-0.4, -0.2) is 92.9 Å². The number of fused-ring (bicyclic) bond motifs is 3. The third kappa shape index (κ3) is 5.74. The number of nitriles is 1. The smallest absolute Gasteiger partial charge is 0.262 e. The topological polar surface area (TPSA) is 160 Å². The van der Waals surface area contributed by atoms with E-state index in [0.717, 1.165) is 41.0 Å². The van der Waals surface area contributed by atoms with Gasteiger partial charge in [-0.1, -0.05) is 39.3 Å². The number of hydrogen-bond acceptors (Lipinski definition) is 9. The van der Waals surface area contributed by atoms with E-state index in [4.69, 9.17) is 16.3 Å². The van der Waals surface area contributed by atoms with E-state index in [9.17, 15) is 34.0 Å². The number of carbonyl (C=O) groups excluding carboxylic acids is 6. The van der Waals surface area contributed by atoms with Crippen LogP contribution in [0.4, 0.5) is 0 Å². The van der Waals surface area contributed by atoms with Gasteiger partial charge in [-0.15, -0.1) is 0 Å². The first-order chi connectivity index (χ1) is 28.5. The molecule has 1 N–H and O–H groups in total. The van der Waals surface area contributed by atoms with Crippen molar-refractivity contribution in [3.8, 4) is 11.8 Å². The molecular formula is C46H45ClN6O7. The first-order valence-electron chi connectivity index (χ1n) is 20.7. The molecule has 5 aliphatic heterocycles. The predicted molar refractivity (Wildman–Crippen MR) is 217 cm³/mol. The van der Waals surface area contributed by atoms with Gasteiger partial charge in [-0.2, -0.15) is 5.26 Å². The van der Waals surface area contributed by atoms with Crippen LogP contribution in [0.3, 0.4) is 0 Å². The van der Waals surface area contributed by atoms with Crippen LogP contribution in [0.2, 0.25) is 5.02 Å². The highest BCUT2D eigenvalue weighted by atomic mass is 35.5. The van der Waals surface area contributed by atoms with Crippen molar-refractivity contribution < 1.29 is 33.5 Å². The Balaban J connectivity index is 0.724. The van der Waals surface area contributed by atoms with Crippen LogP contribution in [0.25, 0.3) is 0 Å². The normalized spacial score (nSPS) is 25.9. The van der Waals surface area contributed by atoms with Crippen molar-refractivity contribution in [2.45, 2.75) is 91.2 Å². The SMILES string of the molecule is CC1(C)[C@H](Oc2ccc(C#N)c(Cl)c2)C(C)(C)[C@H]1N1Cc2cc(C(=O)N3CC4(CC(CN5Cc6cc7c(cc6C5)C(=O)N(C5CCC(=O)NC5=O)C7=O)C4)C3)ccc2C1=O. The van der Waals surface area contributed by atoms with Crippen molar-refractivity contribution in [3.63, 3.8) is 0 Å². The van der Waals surface area contributed by atoms with Crippen LogP contribution in [0.15, 0.2) is 48.5 Å². The van der Waals surface area contributed by atoms with Crippen molar-refractivity contribution >= 4 is 47.0 Å². The lowest BCUT2D eigenvalue weighted by Gasteiger charge is -2.65. The molecular weight excluding hydrogens is 784 g/mol. The fourth-order valence-electron chi connectivity index (χ4n) is 12.3. The Labute approximate surface area is 352 Å². The van der Waals surface area contributed by atoms with E-state index in [2.05, 4.69) is 44.0 Å². The van der Waals surface area contributed by atoms with Gasteiger partial charge in [-0.25, -0.2) is 0 Å². The molecule has 14 heteroatoms. The summed E-state index contributed by atoms with van der Waals surface area (Å²) in [6.07, 6.45) is 2.06. The maximum absolute atomic E-state index is 13.9. The Kier molecular flexibility index (Phi) is 8.50. The lowest BCUT2D eigenvalue weighted by atomic mass is 9.49. The van der Waals surface area contributed by atoms with Crippen molar-refractivity contribution in [3.05, 3.63) is 98.1 Å². The number of ether oxygens (including phenoxy) is 1. The van der Waals surface area contributed by atoms with Gasteiger partial charge in [0.25, 0.3) is 23.6 Å². The van der Waals surface area contributed by atoms with Gasteiger partial charge in [-0.3, -0.25) is 43.9 Å². The van der Waals surface area contributed by atoms with Crippen molar-refractivity contribution in [2.75, 3.05) is 19.6 Å². The summed E-state index contributed by atoms with van der Waals surface area (Å²) in [5, 5.41) is 11.8. The van der Waals surface area contributed by atoms with Gasteiger partial charge in [0.2, 0.25) is 11.8 Å². The highest BCUT2D eigenvalue weighted by Gasteiger charge is 2.67. The van der Waals surface area contributed by atoms with E-state index in [1.54, 1.807) is 42.5 Å². The van der Waals surface area contributed by atoms with E-state index < -0.39 is 40.5 Å². The summed E-state index contributed by atoms with van der Waals surface area (Å²) in [4.78, 5) is 85.6. The largest absolute Gasteiger partial charge is 0.489 e. The number of nitrogens with zero attached hydrogens (tertiary/aromatic N) is 5. The molecule has 1 unspecified atom stereocenters. The molecule has 5 heterocycles. The van der Waals surface area contributed by atoms with Gasteiger partial charge < -0.3 is 14.5 Å². The maximum Gasteiger partial charge on any atom is 0.262 e. The van der Waals surface area contributed by atoms with Crippen LogP contribution < -0.4 is 10.1 Å². The van der Waals surface area contributed by atoms with E-state index >= 15 is 0 Å². The van der Waals surface area contributed by atoms with E-state index in [1.807, 2.05) is 15.9 Å². The third-order valence-corrected chi connectivity index (χ3v) is 14.7. The lowest BCUT2D eigenvalue weighted by Crippen LogP contribution is -2.74. The Morgan fingerprint density at radius 1 is 0.850 bits per heavy atom. The maximum atomic E-state index is 13.9. The minimum absolute atomic E-state index is 0.0140. The van der Waals surface area contributed by atoms with Gasteiger partial charge in [0.15, 0.2) is 0 Å². The number of hydrogen-bond donors (Lipinski definition) is 1. The molecule has 0 bridgehead atoms. The molecule has 13 nitrogen and oxygen atoms in total. The zero-order chi connectivity index (χ0) is 42.2. The number of carbonyl (C=O) groups is 6. The van der Waals surface area contributed by atoms with Crippen molar-refractivity contribution in [1.29, 1.82) is 5.26 Å². The van der Waals surface area contributed by atoms with Crippen LogP contribution >= 0.6 is 11.6 Å². The first kappa shape index (κ1) is 38.6. The number of rotatable bonds is 7. The Bertz CT molecular complexity index is 2470. The van der Waals surface area contributed by atoms with E-state index in [-0.39, 0.29) is 42.2 Å². The number of amides is 6. The van der Waals surface area contributed by atoms with Gasteiger partial charge in [0, 0.05) is 85.2 Å². The molecule has 6 amide bonds. The third-order valence-electron chi connectivity index (χ3n) is 14.4. The van der Waals surface area contributed by atoms with Gasteiger partial charge in [0.05, 0.1) is 21.7 Å². The van der Waals surface area contributed by atoms with Crippen LogP contribution in [0.5, 0.6) is 5.75 Å². The number of benzene rings is 3. The molecule has 3 aromatic rings. The molecule has 10 rings (SSSR count). The highest BCUT2D eigenvalue weighted by Crippen LogP contribution is 2.59. The van der Waals surface area contributed by atoms with E-state index in [1.165, 1.54) is 0 Å². The molecule has 3 aromatic carbocycles. The van der Waals surface area contributed by atoms with Gasteiger partial charge in [-0.05, 0) is 84.3 Å². The van der Waals surface area contributed by atoms with Crippen LogP contribution in [0.1, 0.15) is 117 Å². The van der Waals surface area contributed by atoms with Gasteiger partial charge >= 0.3 is 0 Å². The highest BCUT2D eigenvalue weighted by molar-refractivity contribution is 6.31. The molecule has 2 saturated carbocycles. The van der Waals surface area contributed by atoms with Crippen LogP contribution in [0, 0.1) is 33.5 Å². The fourth-order valence-corrected chi connectivity index (χ4v) is 12.5. The average molecular weight is 829 g/mol. The first-order valence-corrected chi connectivity index (χ1v) is 21.0. The molecule has 308 valence electrons. The van der Waals surface area contributed by atoms with Crippen LogP contribution in [-0.2, 0) is 29.2 Å². The minimum atomic E-state index is -0.979. The Morgan fingerprint density at radius 2 is 1.52 bits per heavy atom. The summed E-state index contributed by atoms with van der Waals surface area (Å²) < 4.78 is 6.46. The number of piperidine rings is 1. The van der Waals surface area contributed by atoms with Crippen molar-refractivity contribution in [1.82, 2.24) is 24.9 Å². The molecule has 0 aromatic heterocycles. The predicted octanol–water partition coefficient (Wildman–Crippen LogP) is 5.32. The second kappa shape index (κ2) is 13.2. The molecule has 2 aliphatic carbocycles. The number of halogens is 1. The molecule has 1 atom stereocenters. The molecule has 60 heavy (non-hydrogen) atoms.